The Bertz CT molecular complexity index is 566. The maximum absolute atomic E-state index is 13.3. The quantitative estimate of drug-likeness (QED) is 0.662. The fourth-order valence-corrected chi connectivity index (χ4v) is 2.12. The summed E-state index contributed by atoms with van der Waals surface area (Å²) in [6.45, 7) is 0. The van der Waals surface area contributed by atoms with E-state index < -0.39 is 23.1 Å². The molecule has 0 aliphatic heterocycles. The summed E-state index contributed by atoms with van der Waals surface area (Å²) in [7, 11) is 0. The van der Waals surface area contributed by atoms with E-state index >= 15 is 0 Å². The molecule has 2 aromatic rings. The minimum atomic E-state index is -1.59. The summed E-state index contributed by atoms with van der Waals surface area (Å²) in [5, 5.41) is 0. The molecule has 0 aromatic heterocycles. The second-order valence-corrected chi connectivity index (χ2v) is 4.83. The van der Waals surface area contributed by atoms with Crippen LogP contribution in [0.15, 0.2) is 59.5 Å². The Hall–Kier alpha value is -1.89. The third kappa shape index (κ3) is 3.54. The van der Waals surface area contributed by atoms with Gasteiger partial charge in [0.1, 0.15) is 5.82 Å². The second kappa shape index (κ2) is 6.33. The first-order chi connectivity index (χ1) is 9.18. The third-order valence-electron chi connectivity index (χ3n) is 2.33. The molecule has 1 unspecified atom stereocenters. The Kier molecular flexibility index (Phi) is 4.51. The molecule has 0 saturated heterocycles. The number of hydrazine groups is 1. The lowest BCUT2D eigenvalue weighted by molar-refractivity contribution is 0.0941. The summed E-state index contributed by atoms with van der Waals surface area (Å²) in [5.41, 5.74) is 2.10. The molecule has 0 aliphatic carbocycles. The summed E-state index contributed by atoms with van der Waals surface area (Å²) in [6.07, 6.45) is 0. The molecular weight excluding hydrogens is 267 g/mol. The van der Waals surface area contributed by atoms with Crippen LogP contribution in [0.1, 0.15) is 10.4 Å². The van der Waals surface area contributed by atoms with Crippen LogP contribution >= 0.6 is 0 Å². The first kappa shape index (κ1) is 13.5. The highest BCUT2D eigenvalue weighted by atomic mass is 32.2. The van der Waals surface area contributed by atoms with Crippen molar-refractivity contribution in [1.82, 2.24) is 10.3 Å². The van der Waals surface area contributed by atoms with Gasteiger partial charge >= 0.3 is 0 Å². The summed E-state index contributed by atoms with van der Waals surface area (Å²) in [5.74, 6) is -1.31. The van der Waals surface area contributed by atoms with E-state index in [1.54, 1.807) is 36.4 Å². The van der Waals surface area contributed by atoms with Crippen LogP contribution in [0.2, 0.25) is 0 Å². The van der Waals surface area contributed by atoms with Gasteiger partial charge in [0.15, 0.2) is 4.90 Å². The summed E-state index contributed by atoms with van der Waals surface area (Å²) < 4.78 is 25.1. The van der Waals surface area contributed by atoms with E-state index in [1.807, 2.05) is 0 Å². The van der Waals surface area contributed by atoms with Gasteiger partial charge in [-0.2, -0.15) is 0 Å². The minimum Gasteiger partial charge on any atom is -0.592 e. The van der Waals surface area contributed by atoms with Crippen LogP contribution in [-0.2, 0) is 11.4 Å². The predicted octanol–water partition coefficient (Wildman–Crippen LogP) is 1.78. The molecule has 0 saturated carbocycles. The lowest BCUT2D eigenvalue weighted by Gasteiger charge is -2.11. The topological polar surface area (TPSA) is 64.2 Å². The number of hydrogen-bond donors (Lipinski definition) is 2. The lowest BCUT2D eigenvalue weighted by atomic mass is 10.2. The van der Waals surface area contributed by atoms with E-state index in [2.05, 4.69) is 10.3 Å². The van der Waals surface area contributed by atoms with E-state index in [0.29, 0.717) is 4.90 Å². The van der Waals surface area contributed by atoms with Gasteiger partial charge in [-0.1, -0.05) is 30.3 Å². The average Bonchev–Trinajstić information content (AvgIpc) is 2.46. The second-order valence-electron chi connectivity index (χ2n) is 3.62. The number of nitrogens with one attached hydrogen (secondary N) is 2. The molecule has 0 spiro atoms. The Morgan fingerprint density at radius 1 is 1.05 bits per heavy atom. The number of hydrogen-bond acceptors (Lipinski definition) is 3. The van der Waals surface area contributed by atoms with Gasteiger partial charge in [0, 0.05) is 0 Å². The first-order valence-corrected chi connectivity index (χ1v) is 6.61. The normalized spacial score (nSPS) is 11.9. The number of amides is 1. The Morgan fingerprint density at radius 3 is 2.37 bits per heavy atom. The molecule has 0 fully saturated rings. The van der Waals surface area contributed by atoms with Crippen molar-refractivity contribution >= 4 is 17.3 Å². The fourth-order valence-electron chi connectivity index (χ4n) is 1.41. The van der Waals surface area contributed by atoms with Crippen molar-refractivity contribution in [1.29, 1.82) is 0 Å². The summed E-state index contributed by atoms with van der Waals surface area (Å²) >= 11 is -1.59. The van der Waals surface area contributed by atoms with Gasteiger partial charge in [0.05, 0.1) is 16.9 Å². The number of rotatable bonds is 4. The highest BCUT2D eigenvalue weighted by molar-refractivity contribution is 7.89. The molecule has 0 heterocycles. The van der Waals surface area contributed by atoms with E-state index in [9.17, 15) is 13.7 Å². The van der Waals surface area contributed by atoms with Crippen LogP contribution in [0.25, 0.3) is 0 Å². The third-order valence-corrected chi connectivity index (χ3v) is 3.32. The molecule has 2 rings (SSSR count). The Balaban J connectivity index is 1.96. The van der Waals surface area contributed by atoms with Crippen LogP contribution in [0.5, 0.6) is 0 Å². The zero-order chi connectivity index (χ0) is 13.7. The molecule has 1 amide bonds. The SMILES string of the molecule is O=C(NN[S+]([O-])c1ccccc1)c1ccccc1F. The van der Waals surface area contributed by atoms with Crippen molar-refractivity contribution in [3.05, 3.63) is 66.0 Å². The Labute approximate surface area is 112 Å². The van der Waals surface area contributed by atoms with Crippen molar-refractivity contribution in [3.63, 3.8) is 0 Å². The van der Waals surface area contributed by atoms with E-state index in [-0.39, 0.29) is 5.56 Å². The molecule has 0 aliphatic rings. The number of carbonyl (C=O) groups excluding carboxylic acids is 1. The van der Waals surface area contributed by atoms with Crippen molar-refractivity contribution < 1.29 is 13.7 Å². The monoisotopic (exact) mass is 278 g/mol. The van der Waals surface area contributed by atoms with Gasteiger partial charge in [-0.05, 0) is 29.1 Å². The number of carbonyl (C=O) groups is 1. The summed E-state index contributed by atoms with van der Waals surface area (Å²) in [4.78, 5) is 14.5. The van der Waals surface area contributed by atoms with Gasteiger partial charge in [-0.15, -0.1) is 0 Å². The molecule has 4 nitrogen and oxygen atoms in total. The standard InChI is InChI=1S/C13H11FN2O2S/c14-12-9-5-4-8-11(12)13(17)15-16-19(18)10-6-2-1-3-7-10/h1-9,16H,(H,15,17). The van der Waals surface area contributed by atoms with Crippen LogP contribution in [0.4, 0.5) is 4.39 Å². The van der Waals surface area contributed by atoms with Crippen molar-refractivity contribution in [2.45, 2.75) is 4.90 Å². The molecule has 2 aromatic carbocycles. The maximum atomic E-state index is 13.3. The molecule has 98 valence electrons. The molecule has 0 radical (unpaired) electrons. The molecule has 1 atom stereocenters. The van der Waals surface area contributed by atoms with Crippen LogP contribution in [0, 0.1) is 5.82 Å². The smallest absolute Gasteiger partial charge is 0.271 e. The highest BCUT2D eigenvalue weighted by Crippen LogP contribution is 2.07. The Morgan fingerprint density at radius 2 is 1.68 bits per heavy atom. The highest BCUT2D eigenvalue weighted by Gasteiger charge is 2.15. The largest absolute Gasteiger partial charge is 0.592 e. The molecule has 2 N–H and O–H groups in total. The number of benzene rings is 2. The van der Waals surface area contributed by atoms with Gasteiger partial charge in [-0.3, -0.25) is 4.79 Å². The van der Waals surface area contributed by atoms with Crippen molar-refractivity contribution in [3.8, 4) is 0 Å². The van der Waals surface area contributed by atoms with Gasteiger partial charge < -0.3 is 4.55 Å². The van der Waals surface area contributed by atoms with Crippen LogP contribution in [-0.4, -0.2) is 10.5 Å². The molecule has 0 bridgehead atoms. The van der Waals surface area contributed by atoms with Crippen molar-refractivity contribution in [2.24, 2.45) is 0 Å². The summed E-state index contributed by atoms with van der Waals surface area (Å²) in [6, 6.07) is 14.1. The van der Waals surface area contributed by atoms with Crippen LogP contribution in [0.3, 0.4) is 0 Å². The zero-order valence-electron chi connectivity index (χ0n) is 9.80. The average molecular weight is 278 g/mol. The lowest BCUT2D eigenvalue weighted by Crippen LogP contribution is -2.41. The van der Waals surface area contributed by atoms with Gasteiger partial charge in [0.25, 0.3) is 5.91 Å². The van der Waals surface area contributed by atoms with Crippen LogP contribution < -0.4 is 10.3 Å². The van der Waals surface area contributed by atoms with Crippen molar-refractivity contribution in [2.75, 3.05) is 0 Å². The van der Waals surface area contributed by atoms with E-state index in [0.717, 1.165) is 0 Å². The maximum Gasteiger partial charge on any atom is 0.271 e. The number of halogens is 1. The zero-order valence-corrected chi connectivity index (χ0v) is 10.6. The minimum absolute atomic E-state index is 0.111. The van der Waals surface area contributed by atoms with Gasteiger partial charge in [-0.25, -0.2) is 9.82 Å². The van der Waals surface area contributed by atoms with E-state index in [1.165, 1.54) is 18.2 Å². The van der Waals surface area contributed by atoms with E-state index in [4.69, 9.17) is 0 Å². The fraction of sp³-hybridized carbons (Fsp3) is 0. The predicted molar refractivity (Wildman–Crippen MR) is 69.9 cm³/mol. The first-order valence-electron chi connectivity index (χ1n) is 5.46. The molecule has 19 heavy (non-hydrogen) atoms. The molecular formula is C13H11FN2O2S. The van der Waals surface area contributed by atoms with Gasteiger partial charge in [0.2, 0.25) is 0 Å². The molecule has 6 heteroatoms.